The van der Waals surface area contributed by atoms with Gasteiger partial charge in [-0.25, -0.2) is 0 Å². The summed E-state index contributed by atoms with van der Waals surface area (Å²) in [5.41, 5.74) is 3.90. The molecule has 2 aliphatic rings. The number of carbonyl (C=O) groups is 5. The molecule has 2 N–H and O–H groups in total. The van der Waals surface area contributed by atoms with E-state index in [0.717, 1.165) is 30.0 Å². The number of nitrogens with one attached hydrogen (secondary N) is 2. The van der Waals surface area contributed by atoms with Gasteiger partial charge in [0.05, 0.1) is 11.1 Å². The van der Waals surface area contributed by atoms with Crippen molar-refractivity contribution in [3.63, 3.8) is 0 Å². The molecule has 0 saturated carbocycles. The number of imide groups is 2. The largest absolute Gasteiger partial charge is 0.348 e. The van der Waals surface area contributed by atoms with Crippen LogP contribution in [0, 0.1) is 0 Å². The highest BCUT2D eigenvalue weighted by molar-refractivity contribution is 6.24. The van der Waals surface area contributed by atoms with E-state index in [1.165, 1.54) is 40.1 Å². The van der Waals surface area contributed by atoms with E-state index >= 15 is 0 Å². The van der Waals surface area contributed by atoms with Crippen molar-refractivity contribution < 1.29 is 24.0 Å². The lowest BCUT2D eigenvalue weighted by Gasteiger charge is -2.27. The minimum absolute atomic E-state index is 0.0420. The predicted molar refractivity (Wildman–Crippen MR) is 174 cm³/mol. The maximum atomic E-state index is 13.1. The Morgan fingerprint density at radius 3 is 2.37 bits per heavy atom. The van der Waals surface area contributed by atoms with E-state index in [-0.39, 0.29) is 35.4 Å². The summed E-state index contributed by atoms with van der Waals surface area (Å²) in [7, 11) is 0. The van der Waals surface area contributed by atoms with Crippen molar-refractivity contribution in [1.82, 2.24) is 20.4 Å². The Bertz CT molecular complexity index is 1840. The lowest BCUT2D eigenvalue weighted by Crippen LogP contribution is -2.54. The molecular weight excluding hydrogens is 580 g/mol. The van der Waals surface area contributed by atoms with Crippen LogP contribution in [0.4, 0.5) is 0 Å². The lowest BCUT2D eigenvalue weighted by molar-refractivity contribution is -0.136. The van der Waals surface area contributed by atoms with Crippen LogP contribution in [0.1, 0.15) is 74.5 Å². The molecule has 234 valence electrons. The average molecular weight is 617 g/mol. The van der Waals surface area contributed by atoms with Gasteiger partial charge in [0, 0.05) is 37.7 Å². The molecule has 1 saturated heterocycles. The van der Waals surface area contributed by atoms with Crippen molar-refractivity contribution in [2.75, 3.05) is 6.54 Å². The van der Waals surface area contributed by atoms with Crippen LogP contribution < -0.4 is 10.6 Å². The molecule has 2 aliphatic heterocycles. The summed E-state index contributed by atoms with van der Waals surface area (Å²) >= 11 is 0. The summed E-state index contributed by atoms with van der Waals surface area (Å²) < 4.78 is 0. The Hall–Kier alpha value is -5.15. The molecule has 0 bridgehead atoms. The van der Waals surface area contributed by atoms with Crippen LogP contribution in [0.25, 0.3) is 10.8 Å². The van der Waals surface area contributed by atoms with Gasteiger partial charge >= 0.3 is 0 Å². The van der Waals surface area contributed by atoms with Crippen LogP contribution >= 0.6 is 0 Å². The Morgan fingerprint density at radius 1 is 0.891 bits per heavy atom. The summed E-state index contributed by atoms with van der Waals surface area (Å²) in [5, 5.41) is 7.63. The molecule has 6 rings (SSSR count). The van der Waals surface area contributed by atoms with Gasteiger partial charge in [-0.05, 0) is 72.4 Å². The normalized spacial score (nSPS) is 16.3. The van der Waals surface area contributed by atoms with Gasteiger partial charge in [0.25, 0.3) is 17.7 Å². The number of nitrogens with zero attached hydrogens (tertiary/aromatic N) is 2. The zero-order chi connectivity index (χ0) is 32.4. The molecule has 1 atom stereocenters. The first-order chi connectivity index (χ1) is 22.2. The predicted octanol–water partition coefficient (Wildman–Crippen LogP) is 4.62. The third kappa shape index (κ3) is 6.32. The maximum Gasteiger partial charge on any atom is 0.262 e. The van der Waals surface area contributed by atoms with Gasteiger partial charge in [0.2, 0.25) is 11.8 Å². The van der Waals surface area contributed by atoms with E-state index in [1.807, 2.05) is 12.1 Å². The minimum Gasteiger partial charge on any atom is -0.348 e. The first kappa shape index (κ1) is 30.9. The van der Waals surface area contributed by atoms with Crippen LogP contribution in [0.3, 0.4) is 0 Å². The number of piperidine rings is 1. The van der Waals surface area contributed by atoms with Crippen LogP contribution in [0.15, 0.2) is 84.9 Å². The van der Waals surface area contributed by atoms with Gasteiger partial charge in [-0.1, -0.05) is 66.7 Å². The van der Waals surface area contributed by atoms with Crippen molar-refractivity contribution in [3.8, 4) is 0 Å². The molecule has 1 fully saturated rings. The SMILES string of the molecule is CC(C)N(CCc1cccc2ccccc12)Cc1ccc(CNC(=O)c2ccc3c(c2)C(=O)N(C2CCC(=O)NC2=O)C3=O)cc1. The van der Waals surface area contributed by atoms with Crippen LogP contribution in [0.5, 0.6) is 0 Å². The van der Waals surface area contributed by atoms with Crippen molar-refractivity contribution in [3.05, 3.63) is 118 Å². The summed E-state index contributed by atoms with van der Waals surface area (Å²) in [6, 6.07) is 26.8. The van der Waals surface area contributed by atoms with Crippen LogP contribution in [-0.2, 0) is 29.1 Å². The van der Waals surface area contributed by atoms with E-state index in [1.54, 1.807) is 0 Å². The Morgan fingerprint density at radius 2 is 1.61 bits per heavy atom. The van der Waals surface area contributed by atoms with Gasteiger partial charge in [0.1, 0.15) is 6.04 Å². The number of carbonyl (C=O) groups excluding carboxylic acids is 5. The molecular formula is C37H36N4O5. The molecule has 9 heteroatoms. The number of amides is 5. The highest BCUT2D eigenvalue weighted by Gasteiger charge is 2.44. The van der Waals surface area contributed by atoms with E-state index < -0.39 is 29.7 Å². The molecule has 9 nitrogen and oxygen atoms in total. The molecule has 2 heterocycles. The van der Waals surface area contributed by atoms with Crippen LogP contribution in [-0.4, -0.2) is 58.0 Å². The second kappa shape index (κ2) is 13.1. The molecule has 5 amide bonds. The number of rotatable bonds is 10. The quantitative estimate of drug-likeness (QED) is 0.251. The number of hydrogen-bond donors (Lipinski definition) is 2. The topological polar surface area (TPSA) is 116 Å². The van der Waals surface area contributed by atoms with Gasteiger partial charge in [-0.2, -0.15) is 0 Å². The third-order valence-electron chi connectivity index (χ3n) is 8.84. The average Bonchev–Trinajstić information content (AvgIpc) is 3.30. The lowest BCUT2D eigenvalue weighted by atomic mass is 10.0. The van der Waals surface area contributed by atoms with E-state index in [9.17, 15) is 24.0 Å². The molecule has 0 aliphatic carbocycles. The number of benzene rings is 4. The fourth-order valence-electron chi connectivity index (χ4n) is 6.19. The first-order valence-electron chi connectivity index (χ1n) is 15.6. The minimum atomic E-state index is -1.05. The van der Waals surface area contributed by atoms with Crippen molar-refractivity contribution in [2.45, 2.75) is 58.3 Å². The van der Waals surface area contributed by atoms with Gasteiger partial charge in [0.15, 0.2) is 0 Å². The highest BCUT2D eigenvalue weighted by Crippen LogP contribution is 2.28. The van der Waals surface area contributed by atoms with E-state index in [4.69, 9.17) is 0 Å². The Balaban J connectivity index is 1.05. The molecule has 4 aromatic rings. The summed E-state index contributed by atoms with van der Waals surface area (Å²) in [4.78, 5) is 66.2. The summed E-state index contributed by atoms with van der Waals surface area (Å²) in [6.07, 6.45) is 1.07. The second-order valence-corrected chi connectivity index (χ2v) is 12.2. The standard InChI is InChI=1S/C37H36N4O5/c1-23(2)40(19-18-27-8-5-7-26-6-3-4-9-29(26)27)22-25-12-10-24(11-13-25)21-38-34(43)28-14-15-30-31(20-28)37(46)41(36(30)45)32-16-17-33(42)39-35(32)44/h3-15,20,23,32H,16-19,21-22H2,1-2H3,(H,38,43)(H,39,42,44). The monoisotopic (exact) mass is 616 g/mol. The van der Waals surface area contributed by atoms with E-state index in [2.05, 4.69) is 84.0 Å². The molecule has 4 aromatic carbocycles. The maximum absolute atomic E-state index is 13.1. The first-order valence-corrected chi connectivity index (χ1v) is 15.6. The van der Waals surface area contributed by atoms with Crippen LogP contribution in [0.2, 0.25) is 0 Å². The zero-order valence-electron chi connectivity index (χ0n) is 25.9. The summed E-state index contributed by atoms with van der Waals surface area (Å²) in [5.74, 6) is -2.74. The van der Waals surface area contributed by atoms with Gasteiger partial charge in [-0.15, -0.1) is 0 Å². The molecule has 0 aromatic heterocycles. The molecule has 0 spiro atoms. The Labute approximate surface area is 267 Å². The smallest absolute Gasteiger partial charge is 0.262 e. The highest BCUT2D eigenvalue weighted by atomic mass is 16.2. The van der Waals surface area contributed by atoms with Crippen molar-refractivity contribution in [1.29, 1.82) is 0 Å². The fraction of sp³-hybridized carbons (Fsp3) is 0.270. The number of fused-ring (bicyclic) bond motifs is 2. The molecule has 46 heavy (non-hydrogen) atoms. The van der Waals surface area contributed by atoms with Crippen molar-refractivity contribution >= 4 is 40.3 Å². The Kier molecular flexibility index (Phi) is 8.76. The molecule has 0 radical (unpaired) electrons. The summed E-state index contributed by atoms with van der Waals surface area (Å²) in [6.45, 7) is 6.46. The number of hydrogen-bond acceptors (Lipinski definition) is 6. The van der Waals surface area contributed by atoms with E-state index in [0.29, 0.717) is 12.6 Å². The van der Waals surface area contributed by atoms with Crippen molar-refractivity contribution in [2.24, 2.45) is 0 Å². The second-order valence-electron chi connectivity index (χ2n) is 12.2. The zero-order valence-corrected chi connectivity index (χ0v) is 25.9. The third-order valence-corrected chi connectivity index (χ3v) is 8.84. The van der Waals surface area contributed by atoms with Gasteiger partial charge < -0.3 is 5.32 Å². The molecule has 1 unspecified atom stereocenters. The fourth-order valence-corrected chi connectivity index (χ4v) is 6.19. The van der Waals surface area contributed by atoms with Gasteiger partial charge in [-0.3, -0.25) is 39.1 Å².